The summed E-state index contributed by atoms with van der Waals surface area (Å²) in [7, 11) is 0. The maximum absolute atomic E-state index is 5.32. The van der Waals surface area contributed by atoms with Crippen molar-refractivity contribution in [3.63, 3.8) is 0 Å². The van der Waals surface area contributed by atoms with Crippen LogP contribution in [0.15, 0.2) is 170 Å². The summed E-state index contributed by atoms with van der Waals surface area (Å²) in [5.41, 5.74) is 16.2. The Balaban J connectivity index is 1.17. The molecule has 1 heterocycles. The highest BCUT2D eigenvalue weighted by Crippen LogP contribution is 2.51. The summed E-state index contributed by atoms with van der Waals surface area (Å²) in [6.07, 6.45) is 0. The van der Waals surface area contributed by atoms with Crippen molar-refractivity contribution in [1.82, 2.24) is 9.97 Å². The standard InChI is InChI=1S/C47H34N2/c1-47(2)42-22-10-9-21-39(42)40-27-28-41-44(48-46(49-45(41)43(40)47)34-15-7-4-8-16-34)38-20-12-19-37(30-38)36-18-11-17-35(29-36)33-25-23-32(24-26-33)31-13-5-3-6-14-31/h3-30H,1-2H3. The third kappa shape index (κ3) is 4.96. The van der Waals surface area contributed by atoms with Gasteiger partial charge in [-0.05, 0) is 73.8 Å². The molecule has 7 aromatic carbocycles. The van der Waals surface area contributed by atoms with Gasteiger partial charge in [0.2, 0.25) is 0 Å². The van der Waals surface area contributed by atoms with Gasteiger partial charge in [0, 0.05) is 21.9 Å². The summed E-state index contributed by atoms with van der Waals surface area (Å²) in [6.45, 7) is 4.65. The lowest BCUT2D eigenvalue weighted by Gasteiger charge is -2.23. The fraction of sp³-hybridized carbons (Fsp3) is 0.0638. The lowest BCUT2D eigenvalue weighted by molar-refractivity contribution is 0.664. The molecule has 9 rings (SSSR count). The second kappa shape index (κ2) is 11.5. The largest absolute Gasteiger partial charge is 0.228 e. The van der Waals surface area contributed by atoms with Gasteiger partial charge >= 0.3 is 0 Å². The van der Waals surface area contributed by atoms with E-state index in [1.165, 1.54) is 50.1 Å². The summed E-state index contributed by atoms with van der Waals surface area (Å²) < 4.78 is 0. The van der Waals surface area contributed by atoms with Crippen molar-refractivity contribution in [3.8, 4) is 67.2 Å². The minimum absolute atomic E-state index is 0.188. The lowest BCUT2D eigenvalue weighted by Crippen LogP contribution is -2.16. The zero-order valence-electron chi connectivity index (χ0n) is 27.6. The van der Waals surface area contributed by atoms with Gasteiger partial charge in [0.1, 0.15) is 0 Å². The van der Waals surface area contributed by atoms with Crippen molar-refractivity contribution in [2.45, 2.75) is 19.3 Å². The number of rotatable bonds is 5. The molecule has 49 heavy (non-hydrogen) atoms. The Kier molecular flexibility index (Phi) is 6.84. The molecule has 0 bridgehead atoms. The molecule has 0 saturated heterocycles. The van der Waals surface area contributed by atoms with Crippen LogP contribution in [0.25, 0.3) is 78.1 Å². The Morgan fingerprint density at radius 3 is 1.59 bits per heavy atom. The smallest absolute Gasteiger partial charge is 0.160 e. The van der Waals surface area contributed by atoms with E-state index in [1.807, 2.05) is 6.07 Å². The molecule has 8 aromatic rings. The molecule has 1 aliphatic carbocycles. The van der Waals surface area contributed by atoms with Gasteiger partial charge in [-0.15, -0.1) is 0 Å². The van der Waals surface area contributed by atoms with Crippen LogP contribution in [0.1, 0.15) is 25.0 Å². The molecule has 0 saturated carbocycles. The van der Waals surface area contributed by atoms with Gasteiger partial charge in [0.25, 0.3) is 0 Å². The van der Waals surface area contributed by atoms with Crippen molar-refractivity contribution in [2.75, 3.05) is 0 Å². The molecular formula is C47H34N2. The van der Waals surface area contributed by atoms with E-state index >= 15 is 0 Å². The molecular weight excluding hydrogens is 593 g/mol. The van der Waals surface area contributed by atoms with Gasteiger partial charge in [-0.2, -0.15) is 0 Å². The van der Waals surface area contributed by atoms with E-state index in [1.54, 1.807) is 0 Å². The van der Waals surface area contributed by atoms with Crippen LogP contribution < -0.4 is 0 Å². The van der Waals surface area contributed by atoms with E-state index in [0.29, 0.717) is 0 Å². The van der Waals surface area contributed by atoms with Gasteiger partial charge < -0.3 is 0 Å². The van der Waals surface area contributed by atoms with Gasteiger partial charge in [-0.3, -0.25) is 0 Å². The van der Waals surface area contributed by atoms with Crippen LogP contribution in [-0.4, -0.2) is 9.97 Å². The normalized spacial score (nSPS) is 12.9. The molecule has 1 aromatic heterocycles. The van der Waals surface area contributed by atoms with Crippen molar-refractivity contribution in [2.24, 2.45) is 0 Å². The minimum Gasteiger partial charge on any atom is -0.228 e. The molecule has 2 heteroatoms. The summed E-state index contributed by atoms with van der Waals surface area (Å²) in [6, 6.07) is 60.6. The monoisotopic (exact) mass is 626 g/mol. The number of aromatic nitrogens is 2. The molecule has 0 aliphatic heterocycles. The topological polar surface area (TPSA) is 25.8 Å². The lowest BCUT2D eigenvalue weighted by atomic mass is 9.81. The molecule has 0 radical (unpaired) electrons. The van der Waals surface area contributed by atoms with E-state index in [0.717, 1.165) is 39.1 Å². The molecule has 1 aliphatic rings. The average molecular weight is 627 g/mol. The van der Waals surface area contributed by atoms with Crippen LogP contribution in [-0.2, 0) is 5.41 Å². The zero-order valence-corrected chi connectivity index (χ0v) is 27.6. The number of hydrogen-bond donors (Lipinski definition) is 0. The van der Waals surface area contributed by atoms with Crippen LogP contribution >= 0.6 is 0 Å². The first kappa shape index (κ1) is 29.1. The van der Waals surface area contributed by atoms with Crippen LogP contribution in [0, 0.1) is 0 Å². The predicted molar refractivity (Wildman–Crippen MR) is 204 cm³/mol. The summed E-state index contributed by atoms with van der Waals surface area (Å²) >= 11 is 0. The van der Waals surface area contributed by atoms with Crippen molar-refractivity contribution < 1.29 is 0 Å². The molecule has 0 fully saturated rings. The fourth-order valence-corrected chi connectivity index (χ4v) is 7.60. The fourth-order valence-electron chi connectivity index (χ4n) is 7.60. The van der Waals surface area contributed by atoms with E-state index in [-0.39, 0.29) is 5.41 Å². The molecule has 0 amide bonds. The van der Waals surface area contributed by atoms with E-state index in [9.17, 15) is 0 Å². The van der Waals surface area contributed by atoms with E-state index < -0.39 is 0 Å². The maximum atomic E-state index is 5.32. The highest BCUT2D eigenvalue weighted by Gasteiger charge is 2.37. The first-order chi connectivity index (χ1) is 24.0. The molecule has 2 nitrogen and oxygen atoms in total. The minimum atomic E-state index is -0.188. The molecule has 0 atom stereocenters. The summed E-state index contributed by atoms with van der Waals surface area (Å²) in [5, 5.41) is 1.07. The highest BCUT2D eigenvalue weighted by molar-refractivity contribution is 6.02. The highest BCUT2D eigenvalue weighted by atomic mass is 14.9. The molecule has 0 N–H and O–H groups in total. The number of benzene rings is 7. The van der Waals surface area contributed by atoms with Gasteiger partial charge in [-0.25, -0.2) is 9.97 Å². The Morgan fingerprint density at radius 2 is 0.898 bits per heavy atom. The van der Waals surface area contributed by atoms with Crippen LogP contribution in [0.3, 0.4) is 0 Å². The van der Waals surface area contributed by atoms with Gasteiger partial charge in [0.15, 0.2) is 5.82 Å². The SMILES string of the molecule is CC1(C)c2ccccc2-c2ccc3c(-c4cccc(-c5cccc(-c6ccc(-c7ccccc7)cc6)c5)c4)nc(-c4ccccc4)nc3c21. The van der Waals surface area contributed by atoms with Crippen molar-refractivity contribution >= 4 is 10.9 Å². The molecule has 0 unspecified atom stereocenters. The second-order valence-corrected chi connectivity index (χ2v) is 13.4. The van der Waals surface area contributed by atoms with Crippen LogP contribution in [0.4, 0.5) is 0 Å². The summed E-state index contributed by atoms with van der Waals surface area (Å²) in [4.78, 5) is 10.6. The number of nitrogens with zero attached hydrogens (tertiary/aromatic N) is 2. The second-order valence-electron chi connectivity index (χ2n) is 13.4. The Bertz CT molecular complexity index is 2490. The number of fused-ring (bicyclic) bond motifs is 5. The van der Waals surface area contributed by atoms with Crippen molar-refractivity contribution in [3.05, 3.63) is 181 Å². The first-order valence-electron chi connectivity index (χ1n) is 16.9. The predicted octanol–water partition coefficient (Wildman–Crippen LogP) is 12.3. The van der Waals surface area contributed by atoms with Crippen molar-refractivity contribution in [1.29, 1.82) is 0 Å². The number of hydrogen-bond acceptors (Lipinski definition) is 2. The Morgan fingerprint density at radius 1 is 0.388 bits per heavy atom. The van der Waals surface area contributed by atoms with Gasteiger partial charge in [-0.1, -0.05) is 166 Å². The van der Waals surface area contributed by atoms with Gasteiger partial charge in [0.05, 0.1) is 11.2 Å². The van der Waals surface area contributed by atoms with E-state index in [4.69, 9.17) is 9.97 Å². The van der Waals surface area contributed by atoms with Crippen LogP contribution in [0.5, 0.6) is 0 Å². The molecule has 0 spiro atoms. The quantitative estimate of drug-likeness (QED) is 0.190. The van der Waals surface area contributed by atoms with Crippen LogP contribution in [0.2, 0.25) is 0 Å². The Hall–Kier alpha value is -6.12. The average Bonchev–Trinajstić information content (AvgIpc) is 3.41. The van der Waals surface area contributed by atoms with E-state index in [2.05, 4.69) is 178 Å². The zero-order chi connectivity index (χ0) is 33.0. The third-order valence-electron chi connectivity index (χ3n) is 10.1. The summed E-state index contributed by atoms with van der Waals surface area (Å²) in [5.74, 6) is 0.745. The first-order valence-corrected chi connectivity index (χ1v) is 16.9. The molecule has 232 valence electrons. The Labute approximate surface area is 287 Å². The maximum Gasteiger partial charge on any atom is 0.160 e. The third-order valence-corrected chi connectivity index (χ3v) is 10.1.